The summed E-state index contributed by atoms with van der Waals surface area (Å²) in [6.07, 6.45) is -0.138. The zero-order chi connectivity index (χ0) is 32.1. The van der Waals surface area contributed by atoms with Crippen LogP contribution in [-0.4, -0.2) is 80.2 Å². The van der Waals surface area contributed by atoms with Gasteiger partial charge in [0.2, 0.25) is 5.92 Å². The van der Waals surface area contributed by atoms with Gasteiger partial charge >= 0.3 is 12.2 Å². The first-order valence-corrected chi connectivity index (χ1v) is 14.8. The van der Waals surface area contributed by atoms with Crippen molar-refractivity contribution in [3.8, 4) is 0 Å². The van der Waals surface area contributed by atoms with Gasteiger partial charge in [0.05, 0.1) is 36.2 Å². The quantitative estimate of drug-likeness (QED) is 0.309. The summed E-state index contributed by atoms with van der Waals surface area (Å²) >= 11 is 0. The first kappa shape index (κ1) is 31.1. The molecular weight excluding hydrogens is 607 g/mol. The number of nitrogens with zero attached hydrogens (tertiary/aromatic N) is 6. The number of methoxy groups -OCH3 is 1. The van der Waals surface area contributed by atoms with E-state index in [0.717, 1.165) is 17.7 Å². The fourth-order valence-corrected chi connectivity index (χ4v) is 6.24. The van der Waals surface area contributed by atoms with Crippen LogP contribution in [0.1, 0.15) is 91.3 Å². The third-order valence-corrected chi connectivity index (χ3v) is 9.18. The molecule has 0 radical (unpaired) electrons. The summed E-state index contributed by atoms with van der Waals surface area (Å²) in [5, 5.41) is 17.0. The summed E-state index contributed by atoms with van der Waals surface area (Å²) in [6.45, 7) is 1.17. The number of alkyl halides is 5. The summed E-state index contributed by atoms with van der Waals surface area (Å²) in [7, 11) is 1.45. The van der Waals surface area contributed by atoms with Crippen LogP contribution in [0.5, 0.6) is 0 Å². The molecule has 3 atom stereocenters. The molecule has 45 heavy (non-hydrogen) atoms. The summed E-state index contributed by atoms with van der Waals surface area (Å²) in [5.74, 6) is -3.65. The van der Waals surface area contributed by atoms with Crippen molar-refractivity contribution in [2.24, 2.45) is 5.92 Å². The highest BCUT2D eigenvalue weighted by molar-refractivity contribution is 5.93. The van der Waals surface area contributed by atoms with E-state index in [1.165, 1.54) is 17.8 Å². The molecule has 17 heteroatoms. The number of aromatic nitrogens is 5. The van der Waals surface area contributed by atoms with Gasteiger partial charge in [0, 0.05) is 38.0 Å². The second-order valence-corrected chi connectivity index (χ2v) is 12.3. The zero-order valence-corrected chi connectivity index (χ0v) is 24.6. The van der Waals surface area contributed by atoms with Gasteiger partial charge in [-0.2, -0.15) is 18.3 Å². The highest BCUT2D eigenvalue weighted by Gasteiger charge is 2.52. The number of carbonyl (C=O) groups is 2. The number of nitrogens with one attached hydrogen (secondary N) is 2. The van der Waals surface area contributed by atoms with Crippen LogP contribution in [-0.2, 0) is 10.3 Å². The number of halogens is 5. The number of hydrogen-bond donors (Lipinski definition) is 2. The average molecular weight is 641 g/mol. The molecule has 2 saturated carbocycles. The Morgan fingerprint density at radius 3 is 2.60 bits per heavy atom. The topological polar surface area (TPSA) is 140 Å². The second-order valence-electron chi connectivity index (χ2n) is 12.3. The summed E-state index contributed by atoms with van der Waals surface area (Å²) in [5.41, 5.74) is 0.327. The van der Waals surface area contributed by atoms with E-state index in [2.05, 4.69) is 20.7 Å². The number of carbonyl (C=O) groups excluding carboxylic acids is 2. The highest BCUT2D eigenvalue weighted by atomic mass is 19.4. The van der Waals surface area contributed by atoms with Gasteiger partial charge in [-0.05, 0) is 56.2 Å². The third-order valence-electron chi connectivity index (χ3n) is 9.18. The lowest BCUT2D eigenvalue weighted by Crippen LogP contribution is -2.47. The number of ether oxygens (including phenoxy) is 1. The Morgan fingerprint density at radius 2 is 1.96 bits per heavy atom. The minimum Gasteiger partial charge on any atom is -0.385 e. The van der Waals surface area contributed by atoms with E-state index >= 15 is 0 Å². The van der Waals surface area contributed by atoms with Crippen molar-refractivity contribution in [2.45, 2.75) is 87.5 Å². The summed E-state index contributed by atoms with van der Waals surface area (Å²) < 4.78 is 80.2. The molecule has 3 amide bonds. The molecule has 0 spiro atoms. The molecule has 0 aromatic carbocycles. The molecule has 3 fully saturated rings. The average Bonchev–Trinajstić information content (AvgIpc) is 3.36. The smallest absolute Gasteiger partial charge is 0.385 e. The third kappa shape index (κ3) is 6.18. The molecule has 2 N–H and O–H groups in total. The molecule has 3 aromatic heterocycles. The van der Waals surface area contributed by atoms with Gasteiger partial charge in [-0.3, -0.25) is 4.79 Å². The van der Waals surface area contributed by atoms with Crippen LogP contribution in [0.4, 0.5) is 26.7 Å². The van der Waals surface area contributed by atoms with E-state index in [1.54, 1.807) is 19.2 Å². The molecule has 1 aliphatic heterocycles. The molecule has 2 aliphatic carbocycles. The molecule has 0 bridgehead atoms. The molecule has 3 aromatic rings. The molecule has 1 saturated heterocycles. The Labute approximate surface area is 254 Å². The SMILES string of the molecule is COCC[C@@](C)(c1cnn2cc([C@@H](NC(=O)c3nonc3C3CC3)C3CCC(F)(F)CC3)nc2c1)N1C[C@@H](C(F)(F)F)NC1=O. The van der Waals surface area contributed by atoms with Crippen molar-refractivity contribution in [3.05, 3.63) is 41.1 Å². The number of urea groups is 1. The maximum Gasteiger partial charge on any atom is 0.410 e. The van der Waals surface area contributed by atoms with Crippen molar-refractivity contribution in [1.82, 2.24) is 40.4 Å². The minimum atomic E-state index is -4.63. The monoisotopic (exact) mass is 640 g/mol. The van der Waals surface area contributed by atoms with E-state index in [1.807, 2.05) is 5.32 Å². The fourth-order valence-electron chi connectivity index (χ4n) is 6.24. The molecule has 0 unspecified atom stereocenters. The highest BCUT2D eigenvalue weighted by Crippen LogP contribution is 2.43. The second kappa shape index (κ2) is 11.5. The molecule has 4 heterocycles. The van der Waals surface area contributed by atoms with Gasteiger partial charge in [-0.1, -0.05) is 5.16 Å². The van der Waals surface area contributed by atoms with Gasteiger partial charge < -0.3 is 20.3 Å². The number of rotatable bonds is 10. The lowest BCUT2D eigenvalue weighted by atomic mass is 9.81. The van der Waals surface area contributed by atoms with Crippen molar-refractivity contribution in [3.63, 3.8) is 0 Å². The molecular formula is C28H33F5N8O4. The lowest BCUT2D eigenvalue weighted by molar-refractivity contribution is -0.151. The largest absolute Gasteiger partial charge is 0.410 e. The fraction of sp³-hybridized carbons (Fsp3) is 0.643. The van der Waals surface area contributed by atoms with Crippen LogP contribution in [0.25, 0.3) is 5.65 Å². The summed E-state index contributed by atoms with van der Waals surface area (Å²) in [4.78, 5) is 32.0. The first-order chi connectivity index (χ1) is 21.3. The maximum atomic E-state index is 14.1. The predicted octanol–water partition coefficient (Wildman–Crippen LogP) is 4.49. The number of hydrogen-bond acceptors (Lipinski definition) is 8. The molecule has 3 aliphatic rings. The van der Waals surface area contributed by atoms with Gasteiger partial charge in [0.1, 0.15) is 11.7 Å². The molecule has 244 valence electrons. The van der Waals surface area contributed by atoms with E-state index in [0.29, 0.717) is 22.6 Å². The summed E-state index contributed by atoms with van der Waals surface area (Å²) in [6, 6.07) is -2.07. The molecule has 6 rings (SSSR count). The van der Waals surface area contributed by atoms with E-state index in [4.69, 9.17) is 14.3 Å². The van der Waals surface area contributed by atoms with Gasteiger partial charge in [-0.15, -0.1) is 0 Å². The van der Waals surface area contributed by atoms with Crippen molar-refractivity contribution in [2.75, 3.05) is 20.3 Å². The first-order valence-electron chi connectivity index (χ1n) is 14.8. The number of amides is 3. The van der Waals surface area contributed by atoms with Crippen molar-refractivity contribution < 1.29 is 40.9 Å². The normalized spacial score (nSPS) is 22.8. The standard InChI is InChI=1S/C28H33F5N8O4/c1-26(9-10-44-2,40-14-19(28(31,32)33)36-25(40)43)17-11-20-35-18(13-41(20)34-12-17)21(16-5-7-27(29,30)8-6-16)37-24(42)23-22(15-3-4-15)38-45-39-23/h11-13,15-16,19,21H,3-10,14H2,1-2H3,(H,36,43)(H,37,42)/t19-,21-,26-/m0/s1. The molecule has 12 nitrogen and oxygen atoms in total. The number of imidazole rings is 1. The predicted molar refractivity (Wildman–Crippen MR) is 145 cm³/mol. The van der Waals surface area contributed by atoms with E-state index in [-0.39, 0.29) is 56.2 Å². The Morgan fingerprint density at radius 1 is 1.22 bits per heavy atom. The maximum absolute atomic E-state index is 14.1. The number of fused-ring (bicyclic) bond motifs is 1. The van der Waals surface area contributed by atoms with Crippen LogP contribution in [0.15, 0.2) is 23.1 Å². The van der Waals surface area contributed by atoms with Crippen molar-refractivity contribution in [1.29, 1.82) is 0 Å². The van der Waals surface area contributed by atoms with Crippen LogP contribution < -0.4 is 10.6 Å². The lowest BCUT2D eigenvalue weighted by Gasteiger charge is -2.38. The Hall–Kier alpha value is -3.89. The Bertz CT molecular complexity index is 1560. The van der Waals surface area contributed by atoms with Gasteiger partial charge in [0.15, 0.2) is 11.3 Å². The minimum absolute atomic E-state index is 0.0442. The van der Waals surface area contributed by atoms with Gasteiger partial charge in [0.25, 0.3) is 5.91 Å². The van der Waals surface area contributed by atoms with Crippen LogP contribution in [0.2, 0.25) is 0 Å². The van der Waals surface area contributed by atoms with Crippen molar-refractivity contribution >= 4 is 17.6 Å². The Kier molecular flexibility index (Phi) is 7.93. The van der Waals surface area contributed by atoms with Crippen LogP contribution in [0, 0.1) is 5.92 Å². The Balaban J connectivity index is 1.33. The van der Waals surface area contributed by atoms with Crippen LogP contribution >= 0.6 is 0 Å². The van der Waals surface area contributed by atoms with Crippen LogP contribution in [0.3, 0.4) is 0 Å². The zero-order valence-electron chi connectivity index (χ0n) is 24.6. The van der Waals surface area contributed by atoms with Gasteiger partial charge in [-0.25, -0.2) is 27.7 Å². The van der Waals surface area contributed by atoms with E-state index < -0.39 is 48.2 Å². The van der Waals surface area contributed by atoms with E-state index in [9.17, 15) is 31.5 Å².